The van der Waals surface area contributed by atoms with Gasteiger partial charge in [0.15, 0.2) is 5.82 Å². The van der Waals surface area contributed by atoms with E-state index in [1.54, 1.807) is 11.3 Å². The van der Waals surface area contributed by atoms with Gasteiger partial charge in [0.25, 0.3) is 5.89 Å². The van der Waals surface area contributed by atoms with Crippen LogP contribution in [-0.2, 0) is 0 Å². The van der Waals surface area contributed by atoms with Crippen LogP contribution in [0.25, 0.3) is 20.9 Å². The summed E-state index contributed by atoms with van der Waals surface area (Å²) in [5.74, 6) is 1.15. The summed E-state index contributed by atoms with van der Waals surface area (Å²) in [5, 5.41) is 5.17. The summed E-state index contributed by atoms with van der Waals surface area (Å²) in [6.07, 6.45) is 1.87. The first-order chi connectivity index (χ1) is 9.28. The molecule has 0 bridgehead atoms. The number of hydrogen-bond acceptors (Lipinski definition) is 5. The third kappa shape index (κ3) is 2.39. The fourth-order valence-electron chi connectivity index (χ4n) is 2.01. The maximum atomic E-state index is 5.99. The van der Waals surface area contributed by atoms with Gasteiger partial charge in [-0.2, -0.15) is 4.98 Å². The Kier molecular flexibility index (Phi) is 3.31. The predicted molar refractivity (Wildman–Crippen MR) is 77.0 cm³/mol. The van der Waals surface area contributed by atoms with Crippen molar-refractivity contribution in [3.05, 3.63) is 36.2 Å². The smallest absolute Gasteiger partial charge is 0.268 e. The van der Waals surface area contributed by atoms with Crippen LogP contribution in [0.15, 0.2) is 34.9 Å². The standard InChI is InChI=1S/C14H15N3OS/c1-2-5-10(15)13-16-14(18-17-13)12-8-9-6-3-4-7-11(9)19-12/h3-4,6-8,10H,2,5,15H2,1H3. The van der Waals surface area contributed by atoms with E-state index in [4.69, 9.17) is 10.3 Å². The summed E-state index contributed by atoms with van der Waals surface area (Å²) in [4.78, 5) is 5.39. The molecule has 1 atom stereocenters. The van der Waals surface area contributed by atoms with Crippen molar-refractivity contribution in [2.75, 3.05) is 0 Å². The lowest BCUT2D eigenvalue weighted by Gasteiger charge is -2.02. The topological polar surface area (TPSA) is 64.9 Å². The Morgan fingerprint density at radius 2 is 2.21 bits per heavy atom. The van der Waals surface area contributed by atoms with Gasteiger partial charge in [0, 0.05) is 4.70 Å². The van der Waals surface area contributed by atoms with Crippen molar-refractivity contribution < 1.29 is 4.52 Å². The number of aromatic nitrogens is 2. The zero-order chi connectivity index (χ0) is 13.2. The van der Waals surface area contributed by atoms with Crippen molar-refractivity contribution in [3.63, 3.8) is 0 Å². The van der Waals surface area contributed by atoms with Crippen molar-refractivity contribution in [1.29, 1.82) is 0 Å². The highest BCUT2D eigenvalue weighted by atomic mass is 32.1. The molecule has 5 heteroatoms. The molecule has 1 aromatic carbocycles. The first-order valence-electron chi connectivity index (χ1n) is 6.36. The molecule has 0 aliphatic rings. The van der Waals surface area contributed by atoms with Crippen molar-refractivity contribution in [1.82, 2.24) is 10.1 Å². The van der Waals surface area contributed by atoms with Gasteiger partial charge >= 0.3 is 0 Å². The second-order valence-corrected chi connectivity index (χ2v) is 5.59. The van der Waals surface area contributed by atoms with Gasteiger partial charge in [-0.3, -0.25) is 0 Å². The lowest BCUT2D eigenvalue weighted by atomic mass is 10.2. The molecule has 3 aromatic rings. The molecule has 0 aliphatic carbocycles. The maximum Gasteiger partial charge on any atom is 0.268 e. The van der Waals surface area contributed by atoms with Gasteiger partial charge in [-0.05, 0) is 23.9 Å². The molecule has 0 radical (unpaired) electrons. The van der Waals surface area contributed by atoms with Crippen LogP contribution in [0.1, 0.15) is 31.6 Å². The average molecular weight is 273 g/mol. The molecule has 0 saturated heterocycles. The van der Waals surface area contributed by atoms with Gasteiger partial charge < -0.3 is 10.3 Å². The van der Waals surface area contributed by atoms with E-state index in [0.29, 0.717) is 11.7 Å². The zero-order valence-corrected chi connectivity index (χ0v) is 11.5. The van der Waals surface area contributed by atoms with Crippen LogP contribution in [-0.4, -0.2) is 10.1 Å². The number of rotatable bonds is 4. The molecule has 2 N–H and O–H groups in total. The second-order valence-electron chi connectivity index (χ2n) is 4.50. The largest absolute Gasteiger partial charge is 0.333 e. The van der Waals surface area contributed by atoms with Gasteiger partial charge in [0.2, 0.25) is 0 Å². The van der Waals surface area contributed by atoms with E-state index in [0.717, 1.165) is 17.7 Å². The molecule has 19 heavy (non-hydrogen) atoms. The minimum atomic E-state index is -0.142. The number of benzene rings is 1. The van der Waals surface area contributed by atoms with E-state index < -0.39 is 0 Å². The minimum Gasteiger partial charge on any atom is -0.333 e. The molecular weight excluding hydrogens is 258 g/mol. The number of nitrogens with two attached hydrogens (primary N) is 1. The van der Waals surface area contributed by atoms with E-state index in [1.165, 1.54) is 10.1 Å². The molecule has 4 nitrogen and oxygen atoms in total. The molecule has 0 fully saturated rings. The number of nitrogens with zero attached hydrogens (tertiary/aromatic N) is 2. The molecule has 0 aliphatic heterocycles. The molecule has 0 saturated carbocycles. The van der Waals surface area contributed by atoms with E-state index in [-0.39, 0.29) is 6.04 Å². The molecule has 2 aromatic heterocycles. The first kappa shape index (κ1) is 12.3. The Balaban J connectivity index is 1.93. The van der Waals surface area contributed by atoms with Crippen molar-refractivity contribution >= 4 is 21.4 Å². The number of thiophene rings is 1. The molecular formula is C14H15N3OS. The Hall–Kier alpha value is -1.72. The highest BCUT2D eigenvalue weighted by Gasteiger charge is 2.16. The Morgan fingerprint density at radius 3 is 3.00 bits per heavy atom. The van der Waals surface area contributed by atoms with Crippen LogP contribution in [0.3, 0.4) is 0 Å². The van der Waals surface area contributed by atoms with Crippen LogP contribution >= 0.6 is 11.3 Å². The van der Waals surface area contributed by atoms with Crippen LogP contribution < -0.4 is 5.73 Å². The van der Waals surface area contributed by atoms with Gasteiger partial charge in [-0.15, -0.1) is 11.3 Å². The monoisotopic (exact) mass is 273 g/mol. The van der Waals surface area contributed by atoms with Crippen LogP contribution in [0.5, 0.6) is 0 Å². The predicted octanol–water partition coefficient (Wildman–Crippen LogP) is 3.75. The van der Waals surface area contributed by atoms with Gasteiger partial charge in [0.05, 0.1) is 10.9 Å². The highest BCUT2D eigenvalue weighted by molar-refractivity contribution is 7.22. The normalized spacial score (nSPS) is 12.9. The van der Waals surface area contributed by atoms with Gasteiger partial charge in [-0.1, -0.05) is 36.7 Å². The lowest BCUT2D eigenvalue weighted by Crippen LogP contribution is -2.11. The van der Waals surface area contributed by atoms with E-state index >= 15 is 0 Å². The summed E-state index contributed by atoms with van der Waals surface area (Å²) in [6, 6.07) is 10.1. The molecule has 1 unspecified atom stereocenters. The third-order valence-electron chi connectivity index (χ3n) is 3.01. The fraction of sp³-hybridized carbons (Fsp3) is 0.286. The van der Waals surface area contributed by atoms with Crippen molar-refractivity contribution in [2.45, 2.75) is 25.8 Å². The number of hydrogen-bond donors (Lipinski definition) is 1. The minimum absolute atomic E-state index is 0.142. The Bertz CT molecular complexity index is 656. The van der Waals surface area contributed by atoms with Gasteiger partial charge in [-0.25, -0.2) is 0 Å². The van der Waals surface area contributed by atoms with Crippen LogP contribution in [0.2, 0.25) is 0 Å². The summed E-state index contributed by atoms with van der Waals surface area (Å²) in [7, 11) is 0. The number of fused-ring (bicyclic) bond motifs is 1. The van der Waals surface area contributed by atoms with Gasteiger partial charge in [0.1, 0.15) is 0 Å². The third-order valence-corrected chi connectivity index (χ3v) is 4.11. The van der Waals surface area contributed by atoms with Crippen molar-refractivity contribution in [3.8, 4) is 10.8 Å². The molecule has 3 rings (SSSR count). The highest BCUT2D eigenvalue weighted by Crippen LogP contribution is 2.32. The van der Waals surface area contributed by atoms with Crippen LogP contribution in [0, 0.1) is 0 Å². The maximum absolute atomic E-state index is 5.99. The molecule has 0 amide bonds. The Labute approximate surface area is 115 Å². The SMILES string of the molecule is CCCC(N)c1noc(-c2cc3ccccc3s2)n1. The lowest BCUT2D eigenvalue weighted by molar-refractivity contribution is 0.414. The molecule has 98 valence electrons. The summed E-state index contributed by atoms with van der Waals surface area (Å²) in [6.45, 7) is 2.09. The average Bonchev–Trinajstić information content (AvgIpc) is 3.05. The summed E-state index contributed by atoms with van der Waals surface area (Å²) >= 11 is 1.65. The second kappa shape index (κ2) is 5.11. The summed E-state index contributed by atoms with van der Waals surface area (Å²) in [5.41, 5.74) is 5.99. The van der Waals surface area contributed by atoms with Crippen molar-refractivity contribution in [2.24, 2.45) is 5.73 Å². The molecule has 2 heterocycles. The van der Waals surface area contributed by atoms with Crippen LogP contribution in [0.4, 0.5) is 0 Å². The van der Waals surface area contributed by atoms with E-state index in [2.05, 4.69) is 35.3 Å². The zero-order valence-electron chi connectivity index (χ0n) is 10.7. The summed E-state index contributed by atoms with van der Waals surface area (Å²) < 4.78 is 6.53. The quantitative estimate of drug-likeness (QED) is 0.786. The Morgan fingerprint density at radius 1 is 1.37 bits per heavy atom. The fourth-order valence-corrected chi connectivity index (χ4v) is 3.00. The van der Waals surface area contributed by atoms with E-state index in [9.17, 15) is 0 Å². The first-order valence-corrected chi connectivity index (χ1v) is 7.17. The van der Waals surface area contributed by atoms with E-state index in [1.807, 2.05) is 12.1 Å². The molecule has 0 spiro atoms.